The van der Waals surface area contributed by atoms with E-state index >= 15 is 0 Å². The van der Waals surface area contributed by atoms with Crippen LogP contribution in [0.2, 0.25) is 0 Å². The smallest absolute Gasteiger partial charge is 0.349 e. The minimum atomic E-state index is -0.631. The van der Waals surface area contributed by atoms with Crippen molar-refractivity contribution in [3.63, 3.8) is 0 Å². The lowest BCUT2D eigenvalue weighted by atomic mass is 10.2. The highest BCUT2D eigenvalue weighted by molar-refractivity contribution is 9.10. The van der Waals surface area contributed by atoms with Gasteiger partial charge in [-0.2, -0.15) is 0 Å². The summed E-state index contributed by atoms with van der Waals surface area (Å²) in [6.45, 7) is 3.89. The van der Waals surface area contributed by atoms with Crippen molar-refractivity contribution in [2.75, 3.05) is 11.9 Å². The van der Waals surface area contributed by atoms with Crippen molar-refractivity contribution in [1.29, 1.82) is 0 Å². The predicted octanol–water partition coefficient (Wildman–Crippen LogP) is 3.58. The fourth-order valence-corrected chi connectivity index (χ4v) is 5.05. The molecular formula is C20H18BrN3O4S. The van der Waals surface area contributed by atoms with Crippen LogP contribution in [0.1, 0.15) is 33.0 Å². The molecule has 3 heterocycles. The first-order chi connectivity index (χ1) is 13.8. The van der Waals surface area contributed by atoms with Crippen LogP contribution in [-0.2, 0) is 22.5 Å². The van der Waals surface area contributed by atoms with Crippen LogP contribution in [0, 0.1) is 13.8 Å². The van der Waals surface area contributed by atoms with Gasteiger partial charge < -0.3 is 10.1 Å². The van der Waals surface area contributed by atoms with Crippen LogP contribution in [0.15, 0.2) is 27.5 Å². The summed E-state index contributed by atoms with van der Waals surface area (Å²) >= 11 is 4.52. The van der Waals surface area contributed by atoms with Gasteiger partial charge in [0, 0.05) is 17.4 Å². The fraction of sp³-hybridized carbons (Fsp3) is 0.300. The summed E-state index contributed by atoms with van der Waals surface area (Å²) in [6.07, 6.45) is 1.66. The molecule has 4 rings (SSSR count). The molecule has 0 saturated heterocycles. The molecule has 0 saturated carbocycles. The summed E-state index contributed by atoms with van der Waals surface area (Å²) in [5.74, 6) is -0.321. The van der Waals surface area contributed by atoms with E-state index in [-0.39, 0.29) is 5.56 Å². The zero-order valence-corrected chi connectivity index (χ0v) is 18.3. The minimum absolute atomic E-state index is 0.114. The number of amides is 1. The number of carbonyl (C=O) groups excluding carboxylic acids is 2. The number of fused-ring (bicyclic) bond motifs is 2. The highest BCUT2D eigenvalue weighted by Crippen LogP contribution is 2.29. The Balaban J connectivity index is 1.49. The number of esters is 1. The number of anilines is 1. The largest absolute Gasteiger partial charge is 0.451 e. The lowest BCUT2D eigenvalue weighted by Crippen LogP contribution is -2.21. The van der Waals surface area contributed by atoms with E-state index in [1.54, 1.807) is 17.6 Å². The number of benzene rings is 1. The third-order valence-electron chi connectivity index (χ3n) is 4.83. The molecule has 1 aliphatic heterocycles. The van der Waals surface area contributed by atoms with E-state index in [4.69, 9.17) is 4.74 Å². The Morgan fingerprint density at radius 2 is 2.14 bits per heavy atom. The number of aromatic nitrogens is 2. The van der Waals surface area contributed by atoms with Gasteiger partial charge in [0.2, 0.25) is 0 Å². The molecule has 0 bridgehead atoms. The predicted molar refractivity (Wildman–Crippen MR) is 115 cm³/mol. The second-order valence-electron chi connectivity index (χ2n) is 6.93. The number of hydrogen-bond donors (Lipinski definition) is 1. The Hall–Kier alpha value is -2.52. The van der Waals surface area contributed by atoms with Crippen LogP contribution in [0.5, 0.6) is 0 Å². The van der Waals surface area contributed by atoms with Gasteiger partial charge in [0.05, 0.1) is 11.1 Å². The average Bonchev–Trinajstić information content (AvgIpc) is 3.27. The molecule has 150 valence electrons. The third-order valence-corrected chi connectivity index (χ3v) is 6.65. The number of carbonyl (C=O) groups is 2. The van der Waals surface area contributed by atoms with E-state index in [1.807, 2.05) is 19.1 Å². The van der Waals surface area contributed by atoms with Gasteiger partial charge in [0.25, 0.3) is 11.5 Å². The maximum absolute atomic E-state index is 12.7. The van der Waals surface area contributed by atoms with Crippen LogP contribution >= 0.6 is 27.3 Å². The van der Waals surface area contributed by atoms with Gasteiger partial charge >= 0.3 is 5.97 Å². The molecule has 0 fully saturated rings. The molecule has 0 aliphatic carbocycles. The zero-order chi connectivity index (χ0) is 20.7. The maximum Gasteiger partial charge on any atom is 0.349 e. The number of aryl methyl sites for hydroxylation is 3. The van der Waals surface area contributed by atoms with E-state index in [2.05, 4.69) is 26.2 Å². The van der Waals surface area contributed by atoms with E-state index in [0.29, 0.717) is 32.9 Å². The van der Waals surface area contributed by atoms with Gasteiger partial charge in [0.15, 0.2) is 6.61 Å². The van der Waals surface area contributed by atoms with Crippen molar-refractivity contribution < 1.29 is 14.3 Å². The Kier molecular flexibility index (Phi) is 5.26. The van der Waals surface area contributed by atoms with Crippen LogP contribution in [-0.4, -0.2) is 28.0 Å². The SMILES string of the molecule is Cc1ccc(NC(=O)COC(=O)c2sc3nc4n(c(=O)c3c2C)CCC4)c(Br)c1. The molecule has 0 atom stereocenters. The first kappa shape index (κ1) is 19.8. The summed E-state index contributed by atoms with van der Waals surface area (Å²) in [7, 11) is 0. The van der Waals surface area contributed by atoms with Crippen LogP contribution < -0.4 is 10.9 Å². The van der Waals surface area contributed by atoms with E-state index in [0.717, 1.165) is 40.0 Å². The van der Waals surface area contributed by atoms with Gasteiger partial charge in [-0.05, 0) is 59.5 Å². The van der Waals surface area contributed by atoms with Gasteiger partial charge in [-0.1, -0.05) is 6.07 Å². The lowest BCUT2D eigenvalue weighted by Gasteiger charge is -2.08. The molecule has 0 radical (unpaired) electrons. The van der Waals surface area contributed by atoms with Crippen LogP contribution in [0.25, 0.3) is 10.2 Å². The number of thiophene rings is 1. The van der Waals surface area contributed by atoms with Crippen LogP contribution in [0.3, 0.4) is 0 Å². The second kappa shape index (κ2) is 7.72. The summed E-state index contributed by atoms with van der Waals surface area (Å²) in [6, 6.07) is 5.52. The van der Waals surface area contributed by atoms with Gasteiger partial charge in [-0.25, -0.2) is 9.78 Å². The van der Waals surface area contributed by atoms with Gasteiger partial charge in [0.1, 0.15) is 15.5 Å². The summed E-state index contributed by atoms with van der Waals surface area (Å²) in [5.41, 5.74) is 2.09. The lowest BCUT2D eigenvalue weighted by molar-refractivity contribution is -0.119. The first-order valence-corrected chi connectivity index (χ1v) is 10.7. The van der Waals surface area contributed by atoms with E-state index in [1.165, 1.54) is 0 Å². The minimum Gasteiger partial charge on any atom is -0.451 e. The van der Waals surface area contributed by atoms with Gasteiger partial charge in [-0.15, -0.1) is 11.3 Å². The van der Waals surface area contributed by atoms with Crippen molar-refractivity contribution in [1.82, 2.24) is 9.55 Å². The zero-order valence-electron chi connectivity index (χ0n) is 15.9. The fourth-order valence-electron chi connectivity index (χ4n) is 3.37. The average molecular weight is 476 g/mol. The number of nitrogens with zero attached hydrogens (tertiary/aromatic N) is 2. The standard InChI is InChI=1S/C20H18BrN3O4S/c1-10-5-6-13(12(21)8-10)22-15(25)9-28-20(27)17-11(2)16-18(29-17)23-14-4-3-7-24(14)19(16)26/h5-6,8H,3-4,7,9H2,1-2H3,(H,22,25). The molecule has 0 unspecified atom stereocenters. The monoisotopic (exact) mass is 475 g/mol. The summed E-state index contributed by atoms with van der Waals surface area (Å²) in [4.78, 5) is 42.8. The molecule has 1 amide bonds. The van der Waals surface area contributed by atoms with Crippen molar-refractivity contribution in [3.05, 3.63) is 54.9 Å². The molecule has 2 aromatic heterocycles. The number of rotatable bonds is 4. The number of nitrogens with one attached hydrogen (secondary N) is 1. The summed E-state index contributed by atoms with van der Waals surface area (Å²) in [5, 5.41) is 3.16. The molecular weight excluding hydrogens is 458 g/mol. The van der Waals surface area contributed by atoms with Crippen LogP contribution in [0.4, 0.5) is 5.69 Å². The molecule has 3 aromatic rings. The van der Waals surface area contributed by atoms with Crippen molar-refractivity contribution in [2.45, 2.75) is 33.2 Å². The van der Waals surface area contributed by atoms with E-state index in [9.17, 15) is 14.4 Å². The normalized spacial score (nSPS) is 12.8. The topological polar surface area (TPSA) is 90.3 Å². The van der Waals surface area contributed by atoms with E-state index < -0.39 is 18.5 Å². The first-order valence-electron chi connectivity index (χ1n) is 9.11. The quantitative estimate of drug-likeness (QED) is 0.582. The second-order valence-corrected chi connectivity index (χ2v) is 8.79. The molecule has 29 heavy (non-hydrogen) atoms. The number of ether oxygens (including phenoxy) is 1. The summed E-state index contributed by atoms with van der Waals surface area (Å²) < 4.78 is 7.60. The number of halogens is 1. The van der Waals surface area contributed by atoms with Crippen molar-refractivity contribution in [3.8, 4) is 0 Å². The number of hydrogen-bond acceptors (Lipinski definition) is 6. The molecule has 1 N–H and O–H groups in total. The van der Waals surface area contributed by atoms with Crippen molar-refractivity contribution in [2.24, 2.45) is 0 Å². The highest BCUT2D eigenvalue weighted by atomic mass is 79.9. The Morgan fingerprint density at radius 1 is 1.34 bits per heavy atom. The molecule has 7 nitrogen and oxygen atoms in total. The Bertz CT molecular complexity index is 1210. The molecule has 1 aliphatic rings. The van der Waals surface area contributed by atoms with Gasteiger partial charge in [-0.3, -0.25) is 14.2 Å². The highest BCUT2D eigenvalue weighted by Gasteiger charge is 2.24. The van der Waals surface area contributed by atoms with Crippen molar-refractivity contribution >= 4 is 55.0 Å². The molecule has 9 heteroatoms. The molecule has 0 spiro atoms. The maximum atomic E-state index is 12.7. The third kappa shape index (κ3) is 3.72. The Labute approximate surface area is 178 Å². The Morgan fingerprint density at radius 3 is 2.90 bits per heavy atom. The molecule has 1 aromatic carbocycles.